The maximum Gasteiger partial charge on any atom is 0.326 e. The highest BCUT2D eigenvalue weighted by Gasteiger charge is 2.47. The minimum atomic E-state index is -0.807. The smallest absolute Gasteiger partial charge is 0.326 e. The number of carbonyl (C=O) groups is 4. The van der Waals surface area contributed by atoms with Crippen LogP contribution in [0.3, 0.4) is 0 Å². The zero-order valence-corrected chi connectivity index (χ0v) is 14.8. The van der Waals surface area contributed by atoms with Crippen molar-refractivity contribution in [3.63, 3.8) is 0 Å². The van der Waals surface area contributed by atoms with Crippen LogP contribution in [0, 0.1) is 11.8 Å². The van der Waals surface area contributed by atoms with Crippen LogP contribution in [0.2, 0.25) is 0 Å². The fraction of sp³-hybridized carbons (Fsp3) is 0.368. The molecule has 1 heterocycles. The molecule has 0 aromatic heterocycles. The molecule has 0 bridgehead atoms. The Bertz CT molecular complexity index is 777. The molecule has 0 spiro atoms. The van der Waals surface area contributed by atoms with Gasteiger partial charge in [0.15, 0.2) is 6.61 Å². The van der Waals surface area contributed by atoms with Crippen molar-refractivity contribution < 1.29 is 28.7 Å². The van der Waals surface area contributed by atoms with Crippen molar-refractivity contribution in [3.8, 4) is 5.75 Å². The van der Waals surface area contributed by atoms with Gasteiger partial charge in [-0.3, -0.25) is 24.1 Å². The molecule has 0 unspecified atom stereocenters. The third-order valence-electron chi connectivity index (χ3n) is 4.63. The summed E-state index contributed by atoms with van der Waals surface area (Å²) in [7, 11) is 1.47. The lowest BCUT2D eigenvalue weighted by Crippen LogP contribution is -2.37. The standard InChI is InChI=1S/C19H20N2O6/c1-26-15-9-5-4-8-14(15)20-16(22)11-27-17(23)10-21-18(24)12-6-2-3-7-13(12)19(21)25/h2-5,8-9,12-13H,6-7,10-11H2,1H3,(H,20,22)/t12-,13+. The normalized spacial score (nSPS) is 21.0. The van der Waals surface area contributed by atoms with Crippen LogP contribution in [0.4, 0.5) is 5.69 Å². The molecule has 3 rings (SSSR count). The van der Waals surface area contributed by atoms with E-state index in [4.69, 9.17) is 9.47 Å². The Hall–Kier alpha value is -3.16. The van der Waals surface area contributed by atoms with Gasteiger partial charge in [-0.15, -0.1) is 0 Å². The number of fused-ring (bicyclic) bond motifs is 1. The lowest BCUT2D eigenvalue weighted by atomic mass is 9.85. The predicted molar refractivity (Wildman–Crippen MR) is 94.7 cm³/mol. The largest absolute Gasteiger partial charge is 0.495 e. The van der Waals surface area contributed by atoms with Crippen molar-refractivity contribution in [2.24, 2.45) is 11.8 Å². The van der Waals surface area contributed by atoms with E-state index in [1.807, 2.05) is 12.2 Å². The van der Waals surface area contributed by atoms with Gasteiger partial charge < -0.3 is 14.8 Å². The number of esters is 1. The van der Waals surface area contributed by atoms with Crippen molar-refractivity contribution in [1.82, 2.24) is 4.90 Å². The van der Waals surface area contributed by atoms with E-state index in [1.54, 1.807) is 24.3 Å². The minimum Gasteiger partial charge on any atom is -0.495 e. The van der Waals surface area contributed by atoms with Gasteiger partial charge in [-0.05, 0) is 25.0 Å². The average Bonchev–Trinajstić information content (AvgIpc) is 2.92. The molecule has 1 fully saturated rings. The first-order valence-corrected chi connectivity index (χ1v) is 8.60. The van der Waals surface area contributed by atoms with Gasteiger partial charge in [-0.2, -0.15) is 0 Å². The third-order valence-corrected chi connectivity index (χ3v) is 4.63. The van der Waals surface area contributed by atoms with Crippen molar-refractivity contribution >= 4 is 29.4 Å². The number of benzene rings is 1. The molecule has 1 aliphatic carbocycles. The number of likely N-dealkylation sites (tertiary alicyclic amines) is 1. The number of ether oxygens (including phenoxy) is 2. The number of imide groups is 1. The second-order valence-corrected chi connectivity index (χ2v) is 6.33. The molecule has 3 amide bonds. The molecular weight excluding hydrogens is 352 g/mol. The molecule has 0 saturated carbocycles. The van der Waals surface area contributed by atoms with Gasteiger partial charge in [0.2, 0.25) is 11.8 Å². The molecule has 1 aromatic carbocycles. The van der Waals surface area contributed by atoms with Gasteiger partial charge in [0.1, 0.15) is 12.3 Å². The number of allylic oxidation sites excluding steroid dienone is 2. The summed E-state index contributed by atoms with van der Waals surface area (Å²) in [5.74, 6) is -2.40. The Morgan fingerprint density at radius 3 is 2.37 bits per heavy atom. The van der Waals surface area contributed by atoms with Crippen LogP contribution < -0.4 is 10.1 Å². The molecule has 0 radical (unpaired) electrons. The van der Waals surface area contributed by atoms with Gasteiger partial charge in [-0.1, -0.05) is 24.3 Å². The number of nitrogens with zero attached hydrogens (tertiary/aromatic N) is 1. The Labute approximate surface area is 156 Å². The van der Waals surface area contributed by atoms with E-state index in [1.165, 1.54) is 7.11 Å². The fourth-order valence-electron chi connectivity index (χ4n) is 3.28. The number of anilines is 1. The van der Waals surface area contributed by atoms with Crippen molar-refractivity contribution in [3.05, 3.63) is 36.4 Å². The summed E-state index contributed by atoms with van der Waals surface area (Å²) >= 11 is 0. The van der Waals surface area contributed by atoms with Gasteiger partial charge in [-0.25, -0.2) is 0 Å². The number of rotatable bonds is 6. The van der Waals surface area contributed by atoms with E-state index < -0.39 is 36.9 Å². The van der Waals surface area contributed by atoms with Gasteiger partial charge in [0, 0.05) is 0 Å². The van der Waals surface area contributed by atoms with Gasteiger partial charge in [0.05, 0.1) is 24.6 Å². The quantitative estimate of drug-likeness (QED) is 0.456. The van der Waals surface area contributed by atoms with Crippen LogP contribution in [-0.4, -0.2) is 48.9 Å². The maximum atomic E-state index is 12.3. The molecule has 142 valence electrons. The molecule has 1 N–H and O–H groups in total. The maximum absolute atomic E-state index is 12.3. The predicted octanol–water partition coefficient (Wildman–Crippen LogP) is 1.13. The SMILES string of the molecule is COc1ccccc1NC(=O)COC(=O)CN1C(=O)[C@H]2CC=CC[C@H]2C1=O. The van der Waals surface area contributed by atoms with Gasteiger partial charge >= 0.3 is 5.97 Å². The zero-order chi connectivity index (χ0) is 19.4. The van der Waals surface area contributed by atoms with E-state index in [9.17, 15) is 19.2 Å². The number of para-hydroxylation sites is 2. The summed E-state index contributed by atoms with van der Waals surface area (Å²) in [4.78, 5) is 49.5. The molecule has 8 heteroatoms. The molecule has 8 nitrogen and oxygen atoms in total. The summed E-state index contributed by atoms with van der Waals surface area (Å²) in [5, 5.41) is 2.57. The molecule has 1 aromatic rings. The Kier molecular flexibility index (Phi) is 5.54. The number of methoxy groups -OCH3 is 1. The second kappa shape index (κ2) is 8.03. The second-order valence-electron chi connectivity index (χ2n) is 6.33. The lowest BCUT2D eigenvalue weighted by Gasteiger charge is -2.14. The van der Waals surface area contributed by atoms with Crippen LogP contribution in [-0.2, 0) is 23.9 Å². The number of hydrogen-bond donors (Lipinski definition) is 1. The molecule has 2 aliphatic rings. The summed E-state index contributed by atoms with van der Waals surface area (Å²) in [6.07, 6.45) is 4.75. The molecule has 1 aliphatic heterocycles. The summed E-state index contributed by atoms with van der Waals surface area (Å²) < 4.78 is 10.0. The van der Waals surface area contributed by atoms with E-state index in [-0.39, 0.29) is 11.8 Å². The highest BCUT2D eigenvalue weighted by atomic mass is 16.5. The number of amides is 3. The van der Waals surface area contributed by atoms with E-state index in [0.29, 0.717) is 24.3 Å². The Morgan fingerprint density at radius 2 is 1.74 bits per heavy atom. The lowest BCUT2D eigenvalue weighted by molar-refractivity contribution is -0.154. The zero-order valence-electron chi connectivity index (χ0n) is 14.8. The Balaban J connectivity index is 1.50. The summed E-state index contributed by atoms with van der Waals surface area (Å²) in [6, 6.07) is 6.81. The van der Waals surface area contributed by atoms with Crippen molar-refractivity contribution in [1.29, 1.82) is 0 Å². The van der Waals surface area contributed by atoms with Crippen molar-refractivity contribution in [2.75, 3.05) is 25.6 Å². The molecular formula is C19H20N2O6. The van der Waals surface area contributed by atoms with Crippen LogP contribution >= 0.6 is 0 Å². The number of carbonyl (C=O) groups excluding carboxylic acids is 4. The van der Waals surface area contributed by atoms with E-state index in [2.05, 4.69) is 5.32 Å². The minimum absolute atomic E-state index is 0.357. The molecule has 27 heavy (non-hydrogen) atoms. The average molecular weight is 372 g/mol. The van der Waals surface area contributed by atoms with Gasteiger partial charge in [0.25, 0.3) is 5.91 Å². The van der Waals surface area contributed by atoms with Crippen LogP contribution in [0.25, 0.3) is 0 Å². The monoisotopic (exact) mass is 372 g/mol. The number of hydrogen-bond acceptors (Lipinski definition) is 6. The first-order chi connectivity index (χ1) is 13.0. The summed E-state index contributed by atoms with van der Waals surface area (Å²) in [6.45, 7) is -1.01. The highest BCUT2D eigenvalue weighted by molar-refractivity contribution is 6.07. The highest BCUT2D eigenvalue weighted by Crippen LogP contribution is 2.34. The van der Waals surface area contributed by atoms with Crippen LogP contribution in [0.1, 0.15) is 12.8 Å². The summed E-state index contributed by atoms with van der Waals surface area (Å²) in [5.41, 5.74) is 0.447. The number of nitrogens with one attached hydrogen (secondary N) is 1. The topological polar surface area (TPSA) is 102 Å². The van der Waals surface area contributed by atoms with Crippen LogP contribution in [0.15, 0.2) is 36.4 Å². The van der Waals surface area contributed by atoms with E-state index >= 15 is 0 Å². The Morgan fingerprint density at radius 1 is 1.11 bits per heavy atom. The first-order valence-electron chi connectivity index (χ1n) is 8.60. The van der Waals surface area contributed by atoms with E-state index in [0.717, 1.165) is 4.90 Å². The molecule has 2 atom stereocenters. The fourth-order valence-corrected chi connectivity index (χ4v) is 3.28. The first kappa shape index (κ1) is 18.6. The van der Waals surface area contributed by atoms with Crippen molar-refractivity contribution in [2.45, 2.75) is 12.8 Å². The molecule has 1 saturated heterocycles. The van der Waals surface area contributed by atoms with Crippen LogP contribution in [0.5, 0.6) is 5.75 Å². The third kappa shape index (κ3) is 3.99.